The van der Waals surface area contributed by atoms with E-state index in [1.807, 2.05) is 14.0 Å². The van der Waals surface area contributed by atoms with Crippen LogP contribution in [0.4, 0.5) is 26.7 Å². The van der Waals surface area contributed by atoms with Crippen molar-refractivity contribution in [1.29, 1.82) is 0 Å². The molecule has 530 valence electrons. The Morgan fingerprint density at radius 2 is 1.42 bits per heavy atom. The third-order valence-corrected chi connectivity index (χ3v) is 16.4. The van der Waals surface area contributed by atoms with Gasteiger partial charge in [-0.1, -0.05) is 20.8 Å². The summed E-state index contributed by atoms with van der Waals surface area (Å²) >= 11 is 6.57. The summed E-state index contributed by atoms with van der Waals surface area (Å²) in [4.78, 5) is 149. The Balaban J connectivity index is 0.000000437. The molecule has 31 heteroatoms. The Labute approximate surface area is 571 Å². The van der Waals surface area contributed by atoms with Gasteiger partial charge >= 0.3 is 18.1 Å². The van der Waals surface area contributed by atoms with E-state index in [4.69, 9.17) is 50.2 Å². The Bertz CT molecular complexity index is 3680. The van der Waals surface area contributed by atoms with Crippen LogP contribution in [-0.2, 0) is 52.5 Å². The summed E-state index contributed by atoms with van der Waals surface area (Å²) in [6, 6.07) is 11.5. The summed E-state index contributed by atoms with van der Waals surface area (Å²) in [5.74, 6) is -4.54. The number of H-pyrrole nitrogens is 1. The number of imide groups is 1. The molecule has 5 heterocycles. The van der Waals surface area contributed by atoms with E-state index in [1.54, 1.807) is 62.9 Å². The second-order valence-electron chi connectivity index (χ2n) is 23.4. The summed E-state index contributed by atoms with van der Waals surface area (Å²) in [6.07, 6.45) is 2.50. The average molecular weight is 1380 g/mol. The number of carbonyl (C=O) groups is 11. The van der Waals surface area contributed by atoms with Gasteiger partial charge in [0.05, 0.1) is 70.1 Å². The Morgan fingerprint density at radius 1 is 0.765 bits per heavy atom. The molecule has 1 saturated heterocycles. The number of methoxy groups -OCH3 is 1. The highest BCUT2D eigenvalue weighted by molar-refractivity contribution is 6.20. The van der Waals surface area contributed by atoms with Crippen molar-refractivity contribution in [1.82, 2.24) is 41.0 Å². The normalized spacial score (nSPS) is 14.9. The number of amides is 11. The summed E-state index contributed by atoms with van der Waals surface area (Å²) in [6.45, 7) is 15.9. The predicted molar refractivity (Wildman–Crippen MR) is 362 cm³/mol. The summed E-state index contributed by atoms with van der Waals surface area (Å²) in [7, 11) is 3.25. The number of hydrogen-bond acceptors (Lipinski definition) is 19. The third kappa shape index (κ3) is 21.0. The molecule has 3 atom stereocenters. The maximum Gasteiger partial charge on any atom is 0.415 e. The fourth-order valence-electron chi connectivity index (χ4n) is 10.8. The van der Waals surface area contributed by atoms with Gasteiger partial charge in [-0.2, -0.15) is 0 Å². The molecule has 0 aliphatic carbocycles. The van der Waals surface area contributed by atoms with Crippen molar-refractivity contribution in [3.8, 4) is 5.75 Å². The van der Waals surface area contributed by atoms with E-state index in [0.717, 1.165) is 4.90 Å². The van der Waals surface area contributed by atoms with Gasteiger partial charge in [0, 0.05) is 135 Å². The molecule has 3 aliphatic heterocycles. The number of urea groups is 1. The minimum Gasteiger partial charge on any atom is -0.465 e. The van der Waals surface area contributed by atoms with Crippen LogP contribution >= 0.6 is 11.6 Å². The summed E-state index contributed by atoms with van der Waals surface area (Å²) < 4.78 is 38.4. The van der Waals surface area contributed by atoms with Crippen molar-refractivity contribution in [3.63, 3.8) is 0 Å². The van der Waals surface area contributed by atoms with Crippen molar-refractivity contribution in [2.45, 2.75) is 78.3 Å². The number of esters is 1. The standard InChI is InChI=1S/C50H59ClN10O11.C17H28N2O7/c1-7-38(62)58-42(26(2)3)46(65)57-33(9-8-16-53-49(52)68)45(64)55-31-12-10-28(11-13-31)44(63)56-32-14-15-35-29(21-32)22-37(71-35)47(66)61-25-30(24-51)40-34(61)23-36(72-50(69)60-19-17-59(5)18-20-60)43-41(40)39(27(4)54-43)48(67)70-6;1-2-23-9-10-25-13-14-26-12-11-24-8-6-18-15(20)5-7-19-16(21)3-4-17(19)22/h10-15,21-23,26,30,33,42,54H,7-9,16-20,24-25H2,1-6H3,(H,55,64)(H,56,63)(H,57,65)(H,58,62)(H3,52,53,68);3-4H,2,5-14H2,1H3,(H,18,20)/t30-,33+,42+;/m1./s1. The number of likely N-dealkylation sites (N-methyl/N-ethyl adjacent to an activating group) is 1. The van der Waals surface area contributed by atoms with Gasteiger partial charge in [-0.05, 0) is 93.7 Å². The van der Waals surface area contributed by atoms with Gasteiger partial charge in [-0.3, -0.25) is 43.3 Å². The molecule has 0 unspecified atom stereocenters. The highest BCUT2D eigenvalue weighted by Gasteiger charge is 2.40. The first kappa shape index (κ1) is 75.9. The molecule has 0 radical (unpaired) electrons. The molecular formula is C67H87ClN12O18. The Morgan fingerprint density at radius 3 is 2.04 bits per heavy atom. The first-order valence-corrected chi connectivity index (χ1v) is 32.9. The molecule has 11 amide bonds. The van der Waals surface area contributed by atoms with E-state index < -0.39 is 59.7 Å². The molecule has 8 rings (SSSR count). The molecule has 0 spiro atoms. The molecule has 0 bridgehead atoms. The summed E-state index contributed by atoms with van der Waals surface area (Å²) in [5, 5.41) is 17.1. The van der Waals surface area contributed by atoms with Gasteiger partial charge < -0.3 is 90.2 Å². The zero-order valence-corrected chi connectivity index (χ0v) is 56.9. The first-order valence-electron chi connectivity index (χ1n) is 32.4. The second kappa shape index (κ2) is 37.3. The number of furan rings is 1. The van der Waals surface area contributed by atoms with Crippen molar-refractivity contribution in [2.24, 2.45) is 11.7 Å². The van der Waals surface area contributed by atoms with Gasteiger partial charge in [-0.15, -0.1) is 11.6 Å². The smallest absolute Gasteiger partial charge is 0.415 e. The average Bonchev–Trinajstić information content (AvgIpc) is 1.56. The highest BCUT2D eigenvalue weighted by atomic mass is 35.5. The summed E-state index contributed by atoms with van der Waals surface area (Å²) in [5.41, 5.74) is 8.63. The van der Waals surface area contributed by atoms with E-state index in [0.29, 0.717) is 142 Å². The number of fused-ring (bicyclic) bond motifs is 4. The number of nitrogens with two attached hydrogens (primary N) is 1. The second-order valence-corrected chi connectivity index (χ2v) is 23.7. The predicted octanol–water partition coefficient (Wildman–Crippen LogP) is 4.92. The number of carbonyl (C=O) groups excluding carboxylic acids is 11. The van der Waals surface area contributed by atoms with Gasteiger partial charge in [-0.25, -0.2) is 14.4 Å². The molecule has 98 heavy (non-hydrogen) atoms. The van der Waals surface area contributed by atoms with Crippen LogP contribution in [0.1, 0.15) is 102 Å². The fraction of sp³-hybridized carbons (Fsp3) is 0.478. The zero-order chi connectivity index (χ0) is 71.0. The lowest BCUT2D eigenvalue weighted by molar-refractivity contribution is -0.137. The molecule has 5 aromatic rings. The number of alkyl halides is 1. The molecule has 3 aliphatic rings. The van der Waals surface area contributed by atoms with Crippen LogP contribution < -0.4 is 47.3 Å². The number of primary amides is 1. The number of nitrogens with one attached hydrogen (secondary N) is 7. The number of halogens is 1. The number of aromatic nitrogens is 1. The monoisotopic (exact) mass is 1380 g/mol. The van der Waals surface area contributed by atoms with Crippen LogP contribution in [0.3, 0.4) is 0 Å². The number of anilines is 3. The highest BCUT2D eigenvalue weighted by Crippen LogP contribution is 2.48. The van der Waals surface area contributed by atoms with Gasteiger partial charge in [0.25, 0.3) is 23.6 Å². The molecule has 0 saturated carbocycles. The van der Waals surface area contributed by atoms with Gasteiger partial charge in [0.1, 0.15) is 17.7 Å². The van der Waals surface area contributed by atoms with Crippen molar-refractivity contribution < 1.29 is 85.6 Å². The zero-order valence-electron chi connectivity index (χ0n) is 56.1. The molecule has 1 fully saturated rings. The van der Waals surface area contributed by atoms with E-state index in [-0.39, 0.29) is 97.0 Å². The maximum absolute atomic E-state index is 14.5. The molecule has 30 nitrogen and oxygen atoms in total. The number of nitrogens with zero attached hydrogens (tertiary/aromatic N) is 4. The van der Waals surface area contributed by atoms with Crippen LogP contribution in [0, 0.1) is 12.8 Å². The number of aryl methyl sites for hydroxylation is 1. The first-order chi connectivity index (χ1) is 47.0. The van der Waals surface area contributed by atoms with Gasteiger partial charge in [0.15, 0.2) is 11.5 Å². The molecule has 2 aromatic heterocycles. The molecule has 3 aromatic carbocycles. The number of aromatic amines is 1. The minimum atomic E-state index is -1.05. The Hall–Kier alpha value is -9.46. The van der Waals surface area contributed by atoms with Crippen molar-refractivity contribution in [3.05, 3.63) is 94.9 Å². The quantitative estimate of drug-likeness (QED) is 0.0120. The lowest BCUT2D eigenvalue weighted by atomic mass is 9.95. The largest absolute Gasteiger partial charge is 0.465 e. The number of rotatable bonds is 33. The van der Waals surface area contributed by atoms with E-state index in [2.05, 4.69) is 41.8 Å². The van der Waals surface area contributed by atoms with Crippen LogP contribution in [0.2, 0.25) is 0 Å². The Kier molecular flexibility index (Phi) is 28.9. The van der Waals surface area contributed by atoms with E-state index in [1.165, 1.54) is 48.4 Å². The lowest BCUT2D eigenvalue weighted by Gasteiger charge is -2.31. The van der Waals surface area contributed by atoms with Crippen LogP contribution in [0.15, 0.2) is 71.2 Å². The van der Waals surface area contributed by atoms with E-state index >= 15 is 0 Å². The third-order valence-electron chi connectivity index (χ3n) is 16.1. The molecule has 9 N–H and O–H groups in total. The van der Waals surface area contributed by atoms with Crippen LogP contribution in [-0.4, -0.2) is 222 Å². The minimum absolute atomic E-state index is 0.0195. The number of ether oxygens (including phenoxy) is 6. The number of hydrogen-bond donors (Lipinski definition) is 8. The van der Waals surface area contributed by atoms with Crippen molar-refractivity contribution in [2.75, 3.05) is 141 Å². The number of benzene rings is 3. The lowest BCUT2D eigenvalue weighted by Crippen LogP contribution is -2.54. The fourth-order valence-corrected chi connectivity index (χ4v) is 11.1. The van der Waals surface area contributed by atoms with Crippen LogP contribution in [0.5, 0.6) is 5.75 Å². The SMILES string of the molecule is CCC(=O)N[C@H](C(=O)N[C@@H](CCCNC(N)=O)C(=O)Nc1ccc(C(=O)Nc2ccc3oc(C(=O)N4C[C@@H](CCl)c5c4cc(OC(=O)N4CCN(C)CC4)c4[nH]c(C)c(C(=O)OC)c54)cc3c2)cc1)C(C)C.CCOCCOCCOCCOCCNC(=O)CCN1C(=O)C=CC1=O. The van der Waals surface area contributed by atoms with Crippen molar-refractivity contribution >= 4 is 116 Å². The number of piperazine rings is 1. The van der Waals surface area contributed by atoms with Crippen LogP contribution in [0.25, 0.3) is 21.9 Å². The van der Waals surface area contributed by atoms with E-state index in [9.17, 15) is 52.7 Å². The van der Waals surface area contributed by atoms with Gasteiger partial charge in [0.2, 0.25) is 23.6 Å². The topological polar surface area (TPSA) is 383 Å². The maximum atomic E-state index is 14.5. The molecular weight excluding hydrogens is 1300 g/mol.